The zero-order chi connectivity index (χ0) is 19.2. The third-order valence-corrected chi connectivity index (χ3v) is 4.27. The number of phenolic OH excluding ortho intramolecular Hbond substituents is 1. The lowest BCUT2D eigenvalue weighted by molar-refractivity contribution is -0.139. The lowest BCUT2D eigenvalue weighted by Crippen LogP contribution is -2.39. The number of amides is 1. The molecule has 0 bridgehead atoms. The zero-order valence-electron chi connectivity index (χ0n) is 14.8. The summed E-state index contributed by atoms with van der Waals surface area (Å²) in [5.41, 5.74) is 0.895. The highest BCUT2D eigenvalue weighted by molar-refractivity contribution is 6.30. The first kappa shape index (κ1) is 18.9. The minimum atomic E-state index is -0.682. The second kappa shape index (κ2) is 8.64. The maximum absolute atomic E-state index is 13.0. The normalized spacial score (nSPS) is 11.8. The molecule has 2 aromatic carbocycles. The minimum Gasteiger partial charge on any atom is -0.508 e. The Kier molecular flexibility index (Phi) is 6.04. The van der Waals surface area contributed by atoms with E-state index in [4.69, 9.17) is 20.8 Å². The van der Waals surface area contributed by atoms with Crippen molar-refractivity contribution in [3.05, 3.63) is 83.3 Å². The molecule has 5 nitrogen and oxygen atoms in total. The highest BCUT2D eigenvalue weighted by Crippen LogP contribution is 2.19. The fraction of sp³-hybridized carbons (Fsp3) is 0.190. The number of aromatic hydroxyl groups is 1. The number of rotatable bonds is 7. The Morgan fingerprint density at radius 2 is 1.81 bits per heavy atom. The Hall–Kier alpha value is -2.92. The number of phenols is 1. The molecular weight excluding hydrogens is 366 g/mol. The van der Waals surface area contributed by atoms with Gasteiger partial charge < -0.3 is 19.2 Å². The Morgan fingerprint density at radius 1 is 1.11 bits per heavy atom. The first-order chi connectivity index (χ1) is 13.0. The summed E-state index contributed by atoms with van der Waals surface area (Å²) in [5.74, 6) is 1.26. The van der Waals surface area contributed by atoms with Crippen LogP contribution in [0.4, 0.5) is 0 Å². The molecule has 0 fully saturated rings. The van der Waals surface area contributed by atoms with Gasteiger partial charge in [0.15, 0.2) is 6.10 Å². The minimum absolute atomic E-state index is 0.172. The summed E-state index contributed by atoms with van der Waals surface area (Å²) >= 11 is 5.88. The van der Waals surface area contributed by atoms with Gasteiger partial charge in [0.25, 0.3) is 5.91 Å². The van der Waals surface area contributed by atoms with Crippen molar-refractivity contribution >= 4 is 17.5 Å². The molecule has 140 valence electrons. The number of carbonyl (C=O) groups excluding carboxylic acids is 1. The van der Waals surface area contributed by atoms with Gasteiger partial charge in [-0.25, -0.2) is 0 Å². The molecule has 0 saturated heterocycles. The molecule has 1 amide bonds. The van der Waals surface area contributed by atoms with Gasteiger partial charge in [0.2, 0.25) is 0 Å². The van der Waals surface area contributed by atoms with E-state index in [0.29, 0.717) is 29.6 Å². The molecular formula is C21H20ClNO4. The van der Waals surface area contributed by atoms with Gasteiger partial charge in [0, 0.05) is 11.6 Å². The molecule has 27 heavy (non-hydrogen) atoms. The highest BCUT2D eigenvalue weighted by Gasteiger charge is 2.23. The average Bonchev–Trinajstić information content (AvgIpc) is 3.17. The van der Waals surface area contributed by atoms with Crippen LogP contribution in [0.1, 0.15) is 18.2 Å². The van der Waals surface area contributed by atoms with E-state index in [2.05, 4.69) is 0 Å². The standard InChI is InChI=1S/C21H20ClNO4/c1-15(27-19-10-6-17(22)7-11-19)21(25)23(14-20-3-2-12-26-20)13-16-4-8-18(24)9-5-16/h2-12,15,24H,13-14H2,1H3. The molecule has 1 atom stereocenters. The average molecular weight is 386 g/mol. The molecule has 1 N–H and O–H groups in total. The number of carbonyl (C=O) groups is 1. The summed E-state index contributed by atoms with van der Waals surface area (Å²) in [4.78, 5) is 14.7. The van der Waals surface area contributed by atoms with Crippen molar-refractivity contribution in [3.8, 4) is 11.5 Å². The van der Waals surface area contributed by atoms with Crippen molar-refractivity contribution < 1.29 is 19.1 Å². The number of ether oxygens (including phenoxy) is 1. The molecule has 0 spiro atoms. The monoisotopic (exact) mass is 385 g/mol. The maximum Gasteiger partial charge on any atom is 0.264 e. The molecule has 1 unspecified atom stereocenters. The van der Waals surface area contributed by atoms with Crippen molar-refractivity contribution in [3.63, 3.8) is 0 Å². The van der Waals surface area contributed by atoms with Crippen LogP contribution in [0.2, 0.25) is 5.02 Å². The number of halogens is 1. The molecule has 3 rings (SSSR count). The number of hydrogen-bond donors (Lipinski definition) is 1. The third kappa shape index (κ3) is 5.28. The van der Waals surface area contributed by atoms with Crippen LogP contribution in [-0.4, -0.2) is 22.0 Å². The number of hydrogen-bond acceptors (Lipinski definition) is 4. The lowest BCUT2D eigenvalue weighted by atomic mass is 10.2. The molecule has 0 aliphatic rings. The number of nitrogens with zero attached hydrogens (tertiary/aromatic N) is 1. The summed E-state index contributed by atoms with van der Waals surface area (Å²) < 4.78 is 11.2. The van der Waals surface area contributed by atoms with Crippen LogP contribution in [0.15, 0.2) is 71.3 Å². The van der Waals surface area contributed by atoms with E-state index in [9.17, 15) is 9.90 Å². The molecule has 0 saturated carbocycles. The SMILES string of the molecule is CC(Oc1ccc(Cl)cc1)C(=O)N(Cc1ccc(O)cc1)Cc1ccco1. The lowest BCUT2D eigenvalue weighted by Gasteiger charge is -2.25. The fourth-order valence-electron chi connectivity index (χ4n) is 2.65. The second-order valence-corrected chi connectivity index (χ2v) is 6.59. The van der Waals surface area contributed by atoms with E-state index >= 15 is 0 Å². The van der Waals surface area contributed by atoms with E-state index in [1.807, 2.05) is 6.07 Å². The van der Waals surface area contributed by atoms with Crippen molar-refractivity contribution in [1.29, 1.82) is 0 Å². The first-order valence-electron chi connectivity index (χ1n) is 8.52. The van der Waals surface area contributed by atoms with Crippen molar-refractivity contribution in [2.75, 3.05) is 0 Å². The second-order valence-electron chi connectivity index (χ2n) is 6.15. The molecule has 0 radical (unpaired) electrons. The summed E-state index contributed by atoms with van der Waals surface area (Å²) in [5, 5.41) is 10.1. The van der Waals surface area contributed by atoms with Gasteiger partial charge in [-0.1, -0.05) is 23.7 Å². The molecule has 1 heterocycles. The van der Waals surface area contributed by atoms with E-state index in [1.165, 1.54) is 0 Å². The van der Waals surface area contributed by atoms with Crippen LogP contribution in [0.25, 0.3) is 0 Å². The van der Waals surface area contributed by atoms with Crippen LogP contribution < -0.4 is 4.74 Å². The Bertz CT molecular complexity index is 860. The summed E-state index contributed by atoms with van der Waals surface area (Å²) in [6.07, 6.45) is 0.893. The Labute approximate surface area is 162 Å². The predicted octanol–water partition coefficient (Wildman–Crippen LogP) is 4.63. The zero-order valence-corrected chi connectivity index (χ0v) is 15.6. The summed E-state index contributed by atoms with van der Waals surface area (Å²) in [6.45, 7) is 2.40. The van der Waals surface area contributed by atoms with Gasteiger partial charge in [-0.15, -0.1) is 0 Å². The van der Waals surface area contributed by atoms with Gasteiger partial charge in [-0.2, -0.15) is 0 Å². The first-order valence-corrected chi connectivity index (χ1v) is 8.90. The number of benzene rings is 2. The number of furan rings is 1. The molecule has 6 heteroatoms. The Balaban J connectivity index is 1.74. The van der Waals surface area contributed by atoms with Crippen molar-refractivity contribution in [2.45, 2.75) is 26.1 Å². The van der Waals surface area contributed by atoms with Gasteiger partial charge in [0.1, 0.15) is 17.3 Å². The van der Waals surface area contributed by atoms with Crippen molar-refractivity contribution in [2.24, 2.45) is 0 Å². The van der Waals surface area contributed by atoms with Crippen LogP contribution >= 0.6 is 11.6 Å². The van der Waals surface area contributed by atoms with E-state index in [0.717, 1.165) is 5.56 Å². The molecule has 3 aromatic rings. The molecule has 1 aromatic heterocycles. The largest absolute Gasteiger partial charge is 0.508 e. The highest BCUT2D eigenvalue weighted by atomic mass is 35.5. The third-order valence-electron chi connectivity index (χ3n) is 4.02. The molecule has 0 aliphatic carbocycles. The van der Waals surface area contributed by atoms with Gasteiger partial charge in [-0.3, -0.25) is 4.79 Å². The smallest absolute Gasteiger partial charge is 0.264 e. The predicted molar refractivity (Wildman–Crippen MR) is 103 cm³/mol. The van der Waals surface area contributed by atoms with Crippen molar-refractivity contribution in [1.82, 2.24) is 4.90 Å². The topological polar surface area (TPSA) is 62.9 Å². The van der Waals surface area contributed by atoms with E-state index in [1.54, 1.807) is 72.7 Å². The van der Waals surface area contributed by atoms with Crippen LogP contribution in [0.5, 0.6) is 11.5 Å². The van der Waals surface area contributed by atoms with E-state index < -0.39 is 6.10 Å². The Morgan fingerprint density at radius 3 is 2.44 bits per heavy atom. The van der Waals surface area contributed by atoms with Crippen LogP contribution in [-0.2, 0) is 17.9 Å². The van der Waals surface area contributed by atoms with Gasteiger partial charge in [-0.05, 0) is 61.0 Å². The molecule has 0 aliphatic heterocycles. The van der Waals surface area contributed by atoms with E-state index in [-0.39, 0.29) is 11.7 Å². The maximum atomic E-state index is 13.0. The summed E-state index contributed by atoms with van der Waals surface area (Å²) in [6, 6.07) is 17.2. The van der Waals surface area contributed by atoms with Gasteiger partial charge >= 0.3 is 0 Å². The van der Waals surface area contributed by atoms with Crippen LogP contribution in [0, 0.1) is 0 Å². The summed E-state index contributed by atoms with van der Waals surface area (Å²) in [7, 11) is 0. The van der Waals surface area contributed by atoms with Gasteiger partial charge in [0.05, 0.1) is 12.8 Å². The fourth-order valence-corrected chi connectivity index (χ4v) is 2.77. The van der Waals surface area contributed by atoms with Crippen LogP contribution in [0.3, 0.4) is 0 Å². The quantitative estimate of drug-likeness (QED) is 0.643.